The topological polar surface area (TPSA) is 148 Å². The number of nitrogens with two attached hydrogens (primary N) is 1. The summed E-state index contributed by atoms with van der Waals surface area (Å²) in [7, 11) is 0. The monoisotopic (exact) mass is 495 g/mol. The molecule has 11 heteroatoms. The molecular formula is C26H25N9O2. The number of likely N-dealkylation sites (tertiary alicyclic amines) is 1. The number of aromatic amines is 1. The van der Waals surface area contributed by atoms with Gasteiger partial charge in [-0.1, -0.05) is 24.3 Å². The van der Waals surface area contributed by atoms with Crippen LogP contribution >= 0.6 is 0 Å². The highest BCUT2D eigenvalue weighted by Gasteiger charge is 2.21. The van der Waals surface area contributed by atoms with E-state index in [-0.39, 0.29) is 5.91 Å². The zero-order chi connectivity index (χ0) is 25.4. The summed E-state index contributed by atoms with van der Waals surface area (Å²) in [6, 6.07) is 14.7. The molecule has 186 valence electrons. The van der Waals surface area contributed by atoms with Gasteiger partial charge in [0.15, 0.2) is 17.3 Å². The van der Waals surface area contributed by atoms with Crippen molar-refractivity contribution < 1.29 is 9.59 Å². The molecular weight excluding hydrogens is 470 g/mol. The van der Waals surface area contributed by atoms with Crippen molar-refractivity contribution in [2.45, 2.75) is 25.9 Å². The van der Waals surface area contributed by atoms with Gasteiger partial charge in [0.05, 0.1) is 23.9 Å². The van der Waals surface area contributed by atoms with Crippen LogP contribution in [0.2, 0.25) is 0 Å². The first-order valence-corrected chi connectivity index (χ1v) is 12.1. The molecule has 0 bridgehead atoms. The molecule has 5 aromatic rings. The Labute approximate surface area is 211 Å². The lowest BCUT2D eigenvalue weighted by Gasteiger charge is -2.16. The van der Waals surface area contributed by atoms with E-state index in [4.69, 9.17) is 15.7 Å². The first-order valence-electron chi connectivity index (χ1n) is 12.1. The fraction of sp³-hybridized carbons (Fsp3) is 0.231. The number of rotatable bonds is 8. The fourth-order valence-corrected chi connectivity index (χ4v) is 4.57. The molecule has 11 nitrogen and oxygen atoms in total. The molecule has 0 unspecified atom stereocenters. The lowest BCUT2D eigenvalue weighted by atomic mass is 10.1. The molecule has 0 atom stereocenters. The minimum atomic E-state index is -0.495. The second-order valence-electron chi connectivity index (χ2n) is 8.99. The normalized spacial score (nSPS) is 13.6. The van der Waals surface area contributed by atoms with Crippen molar-refractivity contribution in [2.75, 3.05) is 18.4 Å². The minimum Gasteiger partial charge on any atom is -0.366 e. The Morgan fingerprint density at radius 2 is 1.89 bits per heavy atom. The van der Waals surface area contributed by atoms with Gasteiger partial charge >= 0.3 is 0 Å². The number of aromatic nitrogens is 6. The predicted octanol–water partition coefficient (Wildman–Crippen LogP) is 2.70. The summed E-state index contributed by atoms with van der Waals surface area (Å²) in [5.74, 6) is 1.51. The van der Waals surface area contributed by atoms with Crippen molar-refractivity contribution in [3.8, 4) is 11.4 Å². The number of primary amides is 1. The van der Waals surface area contributed by atoms with Crippen molar-refractivity contribution in [1.82, 2.24) is 34.4 Å². The van der Waals surface area contributed by atoms with E-state index in [0.29, 0.717) is 54.4 Å². The van der Waals surface area contributed by atoms with Gasteiger partial charge in [-0.2, -0.15) is 0 Å². The highest BCUT2D eigenvalue weighted by atomic mass is 16.2. The Kier molecular flexibility index (Phi) is 5.72. The van der Waals surface area contributed by atoms with E-state index < -0.39 is 5.91 Å². The van der Waals surface area contributed by atoms with Crippen LogP contribution in [0.3, 0.4) is 0 Å². The van der Waals surface area contributed by atoms with E-state index in [9.17, 15) is 9.59 Å². The number of para-hydroxylation sites is 2. The van der Waals surface area contributed by atoms with Crippen LogP contribution < -0.4 is 11.1 Å². The number of benzene rings is 2. The first-order chi connectivity index (χ1) is 18.0. The maximum absolute atomic E-state index is 12.1. The molecule has 0 radical (unpaired) electrons. The zero-order valence-electron chi connectivity index (χ0n) is 20.0. The molecule has 37 heavy (non-hydrogen) atoms. The van der Waals surface area contributed by atoms with Crippen molar-refractivity contribution in [3.05, 3.63) is 66.2 Å². The first kappa shape index (κ1) is 22.7. The summed E-state index contributed by atoms with van der Waals surface area (Å²) >= 11 is 0. The quantitative estimate of drug-likeness (QED) is 0.300. The van der Waals surface area contributed by atoms with Gasteiger partial charge in [-0.3, -0.25) is 9.59 Å². The third-order valence-electron chi connectivity index (χ3n) is 6.54. The number of nitrogens with zero attached hydrogens (tertiary/aromatic N) is 6. The molecule has 1 saturated heterocycles. The number of imidazole rings is 2. The fourth-order valence-electron chi connectivity index (χ4n) is 4.57. The summed E-state index contributed by atoms with van der Waals surface area (Å²) < 4.78 is 1.94. The summed E-state index contributed by atoms with van der Waals surface area (Å²) in [5.41, 5.74) is 9.68. The lowest BCUT2D eigenvalue weighted by molar-refractivity contribution is -0.127. The van der Waals surface area contributed by atoms with E-state index in [0.717, 1.165) is 35.4 Å². The maximum Gasteiger partial charge on any atom is 0.248 e. The van der Waals surface area contributed by atoms with E-state index in [1.165, 1.54) is 0 Å². The van der Waals surface area contributed by atoms with Gasteiger partial charge < -0.3 is 25.5 Å². The second kappa shape index (κ2) is 9.34. The molecule has 1 aliphatic heterocycles. The summed E-state index contributed by atoms with van der Waals surface area (Å²) in [4.78, 5) is 47.5. The highest BCUT2D eigenvalue weighted by Crippen LogP contribution is 2.25. The number of hydrogen-bond donors (Lipinski definition) is 3. The molecule has 1 fully saturated rings. The second-order valence-corrected chi connectivity index (χ2v) is 8.99. The molecule has 0 spiro atoms. The Bertz CT molecular complexity index is 1590. The number of carbonyl (C=O) groups excluding carboxylic acids is 2. The molecule has 2 aromatic carbocycles. The van der Waals surface area contributed by atoms with Crippen LogP contribution in [-0.2, 0) is 17.9 Å². The highest BCUT2D eigenvalue weighted by molar-refractivity contribution is 5.93. The third kappa shape index (κ3) is 4.46. The predicted molar refractivity (Wildman–Crippen MR) is 139 cm³/mol. The van der Waals surface area contributed by atoms with Gasteiger partial charge in [0.1, 0.15) is 11.3 Å². The molecule has 4 heterocycles. The minimum absolute atomic E-state index is 0.183. The Balaban J connectivity index is 1.34. The average molecular weight is 496 g/mol. The maximum atomic E-state index is 12.1. The van der Waals surface area contributed by atoms with Crippen LogP contribution in [0.15, 0.2) is 54.9 Å². The largest absolute Gasteiger partial charge is 0.366 e. The van der Waals surface area contributed by atoms with Crippen LogP contribution in [0.1, 0.15) is 29.0 Å². The van der Waals surface area contributed by atoms with E-state index in [1.54, 1.807) is 30.6 Å². The van der Waals surface area contributed by atoms with Crippen molar-refractivity contribution in [2.24, 2.45) is 5.73 Å². The molecule has 0 aliphatic carbocycles. The van der Waals surface area contributed by atoms with Gasteiger partial charge in [0, 0.05) is 37.2 Å². The Morgan fingerprint density at radius 3 is 2.65 bits per heavy atom. The van der Waals surface area contributed by atoms with Crippen LogP contribution in [0, 0.1) is 0 Å². The number of fused-ring (bicyclic) bond motifs is 2. The lowest BCUT2D eigenvalue weighted by Crippen LogP contribution is -2.28. The summed E-state index contributed by atoms with van der Waals surface area (Å²) in [6.45, 7) is 2.36. The van der Waals surface area contributed by atoms with E-state index >= 15 is 0 Å². The zero-order valence-corrected chi connectivity index (χ0v) is 20.0. The average Bonchev–Trinajstić information content (AvgIpc) is 3.63. The van der Waals surface area contributed by atoms with Crippen LogP contribution in [0.5, 0.6) is 0 Å². The van der Waals surface area contributed by atoms with Gasteiger partial charge in [0.25, 0.3) is 0 Å². The summed E-state index contributed by atoms with van der Waals surface area (Å²) in [6.07, 6.45) is 3.23. The molecule has 6 rings (SSSR count). The molecule has 2 amide bonds. The number of amides is 2. The van der Waals surface area contributed by atoms with Gasteiger partial charge in [-0.05, 0) is 30.7 Å². The third-order valence-corrected chi connectivity index (χ3v) is 6.54. The van der Waals surface area contributed by atoms with Crippen molar-refractivity contribution in [3.63, 3.8) is 0 Å². The van der Waals surface area contributed by atoms with Crippen LogP contribution in [0.25, 0.3) is 33.6 Å². The number of hydrogen-bond acceptors (Lipinski definition) is 7. The molecule has 0 saturated carbocycles. The number of carbonyl (C=O) groups is 2. The van der Waals surface area contributed by atoms with Crippen LogP contribution in [-0.4, -0.2) is 59.3 Å². The van der Waals surface area contributed by atoms with Crippen molar-refractivity contribution >= 4 is 39.8 Å². The number of anilines is 1. The van der Waals surface area contributed by atoms with Gasteiger partial charge in [0.2, 0.25) is 11.8 Å². The Morgan fingerprint density at radius 1 is 1.05 bits per heavy atom. The van der Waals surface area contributed by atoms with Gasteiger partial charge in [-0.25, -0.2) is 19.9 Å². The van der Waals surface area contributed by atoms with E-state index in [2.05, 4.69) is 20.3 Å². The number of nitrogens with one attached hydrogen (secondary N) is 2. The van der Waals surface area contributed by atoms with Gasteiger partial charge in [-0.15, -0.1) is 0 Å². The molecule has 3 aromatic heterocycles. The van der Waals surface area contributed by atoms with Crippen LogP contribution in [0.4, 0.5) is 5.82 Å². The SMILES string of the molecule is NC(=O)c1ccc(-c2nc(NCc3nc4ccccc4[nH]3)c3ncn(CCN4CCCC4=O)c3n2)cc1. The Hall–Kier alpha value is -4.80. The number of H-pyrrole nitrogens is 1. The van der Waals surface area contributed by atoms with E-state index in [1.807, 2.05) is 33.7 Å². The molecule has 1 aliphatic rings. The smallest absolute Gasteiger partial charge is 0.248 e. The summed E-state index contributed by atoms with van der Waals surface area (Å²) in [5, 5.41) is 3.36. The molecule has 4 N–H and O–H groups in total. The standard InChI is InChI=1S/C26H25N9O2/c27-23(37)16-7-9-17(10-8-16)24-32-25(28-14-20-30-18-4-1-2-5-19(18)31-20)22-26(33-24)35(15-29-22)13-12-34-11-3-6-21(34)36/h1-2,4-5,7-10,15H,3,6,11-14H2,(H2,27,37)(H,30,31)(H,28,32,33). The van der Waals surface area contributed by atoms with Crippen molar-refractivity contribution in [1.29, 1.82) is 0 Å².